The molecule has 1 atom stereocenters. The normalized spacial score (nSPS) is 25.7. The predicted octanol–water partition coefficient (Wildman–Crippen LogP) is 2.71. The molecular weight excluding hydrogens is 326 g/mol. The number of aromatic nitrogens is 1. The number of nitrogens with zero attached hydrogens (tertiary/aromatic N) is 3. The van der Waals surface area contributed by atoms with E-state index in [0.29, 0.717) is 11.5 Å². The molecule has 5 nitrogen and oxygen atoms in total. The molecule has 1 aliphatic carbocycles. The van der Waals surface area contributed by atoms with Gasteiger partial charge in [0.05, 0.1) is 6.61 Å². The Labute approximate surface area is 156 Å². The number of carbonyl (C=O) groups is 1. The van der Waals surface area contributed by atoms with Crippen LogP contribution in [0.4, 0.5) is 0 Å². The van der Waals surface area contributed by atoms with Gasteiger partial charge < -0.3 is 9.64 Å². The number of hydrogen-bond acceptors (Lipinski definition) is 4. The van der Waals surface area contributed by atoms with Crippen LogP contribution in [0.2, 0.25) is 0 Å². The first kappa shape index (κ1) is 17.9. The van der Waals surface area contributed by atoms with Crippen molar-refractivity contribution < 1.29 is 9.53 Å². The van der Waals surface area contributed by atoms with Crippen molar-refractivity contribution in [1.29, 1.82) is 0 Å². The van der Waals surface area contributed by atoms with Crippen molar-refractivity contribution in [2.45, 2.75) is 51.6 Å². The summed E-state index contributed by atoms with van der Waals surface area (Å²) in [6, 6.07) is 4.67. The van der Waals surface area contributed by atoms with Gasteiger partial charge in [-0.1, -0.05) is 6.07 Å². The number of ether oxygens (including phenoxy) is 1. The fraction of sp³-hybridized carbons (Fsp3) is 0.714. The van der Waals surface area contributed by atoms with Gasteiger partial charge in [0.15, 0.2) is 0 Å². The molecule has 2 saturated heterocycles. The third-order valence-electron chi connectivity index (χ3n) is 6.46. The minimum absolute atomic E-state index is 0.217. The van der Waals surface area contributed by atoms with Crippen LogP contribution in [0.25, 0.3) is 0 Å². The second kappa shape index (κ2) is 7.65. The molecule has 26 heavy (non-hydrogen) atoms. The number of amides is 1. The molecule has 3 aliphatic rings. The Hall–Kier alpha value is -1.46. The Balaban J connectivity index is 1.40. The van der Waals surface area contributed by atoms with Crippen molar-refractivity contribution in [2.24, 2.45) is 11.3 Å². The van der Waals surface area contributed by atoms with E-state index in [2.05, 4.69) is 16.0 Å². The molecule has 1 amide bonds. The van der Waals surface area contributed by atoms with Gasteiger partial charge in [0.25, 0.3) is 0 Å². The van der Waals surface area contributed by atoms with Crippen LogP contribution in [-0.2, 0) is 16.1 Å². The Bertz CT molecular complexity index is 609. The van der Waals surface area contributed by atoms with Gasteiger partial charge >= 0.3 is 0 Å². The van der Waals surface area contributed by atoms with E-state index in [9.17, 15) is 4.79 Å². The van der Waals surface area contributed by atoms with Crippen LogP contribution in [0, 0.1) is 11.3 Å². The highest BCUT2D eigenvalue weighted by Crippen LogP contribution is 2.44. The van der Waals surface area contributed by atoms with Crippen molar-refractivity contribution in [1.82, 2.24) is 14.8 Å². The highest BCUT2D eigenvalue weighted by molar-refractivity contribution is 5.73. The molecule has 1 saturated carbocycles. The summed E-state index contributed by atoms with van der Waals surface area (Å²) in [4.78, 5) is 20.6. The molecule has 3 heterocycles. The first-order chi connectivity index (χ1) is 12.6. The molecule has 0 aromatic carbocycles. The lowest BCUT2D eigenvalue weighted by atomic mass is 9.76. The summed E-state index contributed by atoms with van der Waals surface area (Å²) >= 11 is 0. The zero-order chi connectivity index (χ0) is 18.0. The maximum Gasteiger partial charge on any atom is 0.219 e. The lowest BCUT2D eigenvalue weighted by Gasteiger charge is -2.39. The highest BCUT2D eigenvalue weighted by Gasteiger charge is 2.45. The summed E-state index contributed by atoms with van der Waals surface area (Å²) in [7, 11) is 0. The molecule has 3 fully saturated rings. The fourth-order valence-corrected chi connectivity index (χ4v) is 4.64. The molecular formula is C21H31N3O2. The largest absolute Gasteiger partial charge is 0.380 e. The first-order valence-corrected chi connectivity index (χ1v) is 10.1. The van der Waals surface area contributed by atoms with Gasteiger partial charge in [0, 0.05) is 58.1 Å². The lowest BCUT2D eigenvalue weighted by molar-refractivity contribution is -0.131. The van der Waals surface area contributed by atoms with Crippen LogP contribution in [0.15, 0.2) is 24.5 Å². The monoisotopic (exact) mass is 357 g/mol. The molecule has 1 aromatic rings. The Morgan fingerprint density at radius 3 is 2.77 bits per heavy atom. The van der Waals surface area contributed by atoms with Gasteiger partial charge in [0.1, 0.15) is 0 Å². The number of likely N-dealkylation sites (tertiary alicyclic amines) is 2. The van der Waals surface area contributed by atoms with E-state index in [1.54, 1.807) is 6.92 Å². The second-order valence-corrected chi connectivity index (χ2v) is 8.61. The number of rotatable bonds is 6. The van der Waals surface area contributed by atoms with Crippen molar-refractivity contribution in [3.63, 3.8) is 0 Å². The van der Waals surface area contributed by atoms with Gasteiger partial charge in [-0.25, -0.2) is 0 Å². The summed E-state index contributed by atoms with van der Waals surface area (Å²) in [5.74, 6) is 1.03. The summed E-state index contributed by atoms with van der Waals surface area (Å²) < 4.78 is 6.08. The Morgan fingerprint density at radius 2 is 2.12 bits per heavy atom. The maximum absolute atomic E-state index is 11.7. The van der Waals surface area contributed by atoms with Crippen LogP contribution in [-0.4, -0.2) is 59.6 Å². The molecule has 4 rings (SSSR count). The first-order valence-electron chi connectivity index (χ1n) is 10.1. The molecule has 1 aromatic heterocycles. The van der Waals surface area contributed by atoms with E-state index < -0.39 is 0 Å². The smallest absolute Gasteiger partial charge is 0.219 e. The molecule has 5 heteroatoms. The van der Waals surface area contributed by atoms with Crippen LogP contribution in [0.5, 0.6) is 0 Å². The fourth-order valence-electron chi connectivity index (χ4n) is 4.64. The van der Waals surface area contributed by atoms with E-state index in [-0.39, 0.29) is 5.91 Å². The van der Waals surface area contributed by atoms with Gasteiger partial charge in [-0.3, -0.25) is 14.7 Å². The summed E-state index contributed by atoms with van der Waals surface area (Å²) in [5.41, 5.74) is 1.62. The SMILES string of the molecule is CC(=O)N1CCC2(CC1)C[C@@H](COCC1CC1)N(Cc1cccnc1)C2. The zero-order valence-electron chi connectivity index (χ0n) is 15.9. The minimum Gasteiger partial charge on any atom is -0.380 e. The number of pyridine rings is 1. The number of carbonyl (C=O) groups excluding carboxylic acids is 1. The van der Waals surface area contributed by atoms with E-state index in [4.69, 9.17) is 4.74 Å². The summed E-state index contributed by atoms with van der Waals surface area (Å²) in [6.45, 7) is 7.35. The third-order valence-corrected chi connectivity index (χ3v) is 6.46. The molecule has 142 valence electrons. The van der Waals surface area contributed by atoms with Crippen LogP contribution >= 0.6 is 0 Å². The summed E-state index contributed by atoms with van der Waals surface area (Å²) in [5, 5.41) is 0. The third kappa shape index (κ3) is 4.26. The zero-order valence-corrected chi connectivity index (χ0v) is 15.9. The number of hydrogen-bond donors (Lipinski definition) is 0. The van der Waals surface area contributed by atoms with Gasteiger partial charge in [-0.05, 0) is 55.1 Å². The lowest BCUT2D eigenvalue weighted by Crippen LogP contribution is -2.43. The Morgan fingerprint density at radius 1 is 1.31 bits per heavy atom. The molecule has 0 bridgehead atoms. The van der Waals surface area contributed by atoms with Crippen LogP contribution in [0.3, 0.4) is 0 Å². The van der Waals surface area contributed by atoms with Crippen molar-refractivity contribution in [3.8, 4) is 0 Å². The molecule has 2 aliphatic heterocycles. The average molecular weight is 357 g/mol. The molecule has 0 N–H and O–H groups in total. The van der Waals surface area contributed by atoms with E-state index in [1.807, 2.05) is 23.4 Å². The van der Waals surface area contributed by atoms with Crippen molar-refractivity contribution in [3.05, 3.63) is 30.1 Å². The maximum atomic E-state index is 11.7. The minimum atomic E-state index is 0.217. The highest BCUT2D eigenvalue weighted by atomic mass is 16.5. The average Bonchev–Trinajstić information content (AvgIpc) is 3.40. The van der Waals surface area contributed by atoms with E-state index in [1.165, 1.54) is 24.8 Å². The van der Waals surface area contributed by atoms with Gasteiger partial charge in [-0.2, -0.15) is 0 Å². The Kier molecular flexibility index (Phi) is 5.28. The summed E-state index contributed by atoms with van der Waals surface area (Å²) in [6.07, 6.45) is 9.94. The van der Waals surface area contributed by atoms with E-state index in [0.717, 1.165) is 58.2 Å². The number of piperidine rings is 1. The van der Waals surface area contributed by atoms with Gasteiger partial charge in [-0.15, -0.1) is 0 Å². The topological polar surface area (TPSA) is 45.7 Å². The van der Waals surface area contributed by atoms with Crippen LogP contribution < -0.4 is 0 Å². The quantitative estimate of drug-likeness (QED) is 0.785. The van der Waals surface area contributed by atoms with E-state index >= 15 is 0 Å². The van der Waals surface area contributed by atoms with Gasteiger partial charge in [0.2, 0.25) is 5.91 Å². The standard InChI is InChI=1S/C21H31N3O2/c1-17(25)23-9-6-21(7-10-23)11-20(15-26-14-18-4-5-18)24(16-21)13-19-3-2-8-22-12-19/h2-3,8,12,18,20H,4-7,9-11,13-16H2,1H3/t20-/m0/s1. The molecule has 0 unspecified atom stereocenters. The second-order valence-electron chi connectivity index (χ2n) is 8.61. The van der Waals surface area contributed by atoms with Crippen LogP contribution in [0.1, 0.15) is 44.6 Å². The molecule has 1 spiro atoms. The molecule has 0 radical (unpaired) electrons. The predicted molar refractivity (Wildman–Crippen MR) is 101 cm³/mol. The van der Waals surface area contributed by atoms with Crippen molar-refractivity contribution >= 4 is 5.91 Å². The van der Waals surface area contributed by atoms with Crippen molar-refractivity contribution in [2.75, 3.05) is 32.8 Å².